The van der Waals surface area contributed by atoms with Gasteiger partial charge in [-0.1, -0.05) is 6.58 Å². The summed E-state index contributed by atoms with van der Waals surface area (Å²) in [5.41, 5.74) is 0.383. The maximum absolute atomic E-state index is 11.0. The van der Waals surface area contributed by atoms with E-state index < -0.39 is 5.97 Å². The summed E-state index contributed by atoms with van der Waals surface area (Å²) < 4.78 is 4.91. The molecule has 0 fully saturated rings. The molecule has 0 aromatic heterocycles. The summed E-state index contributed by atoms with van der Waals surface area (Å²) in [5, 5.41) is 8.44. The fourth-order valence-electron chi connectivity index (χ4n) is 1.03. The van der Waals surface area contributed by atoms with Gasteiger partial charge in [-0.15, -0.1) is 0 Å². The maximum atomic E-state index is 11.0. The summed E-state index contributed by atoms with van der Waals surface area (Å²) in [4.78, 5) is 23.2. The van der Waals surface area contributed by atoms with Crippen molar-refractivity contribution in [2.24, 2.45) is 0 Å². The number of carbonyl (C=O) groups is 2. The van der Waals surface area contributed by atoms with Gasteiger partial charge >= 0.3 is 11.9 Å². The van der Waals surface area contributed by atoms with Gasteiger partial charge in [0.05, 0.1) is 0 Å². The zero-order chi connectivity index (χ0) is 12.6. The van der Waals surface area contributed by atoms with Crippen LogP contribution in [0.5, 0.6) is 0 Å². The van der Waals surface area contributed by atoms with E-state index in [1.54, 1.807) is 6.92 Å². The van der Waals surface area contributed by atoms with Crippen LogP contribution in [-0.4, -0.2) is 48.7 Å². The predicted molar refractivity (Wildman–Crippen MR) is 60.1 cm³/mol. The number of carbonyl (C=O) groups excluding carboxylic acids is 1. The van der Waals surface area contributed by atoms with Gasteiger partial charge in [-0.3, -0.25) is 4.79 Å². The van der Waals surface area contributed by atoms with Crippen molar-refractivity contribution >= 4 is 11.9 Å². The van der Waals surface area contributed by atoms with E-state index in [-0.39, 0.29) is 12.4 Å². The van der Waals surface area contributed by atoms with Crippen LogP contribution in [0.15, 0.2) is 12.2 Å². The first kappa shape index (κ1) is 14.6. The van der Waals surface area contributed by atoms with Crippen LogP contribution in [0.4, 0.5) is 0 Å². The Hall–Kier alpha value is -1.36. The van der Waals surface area contributed by atoms with Crippen LogP contribution in [0.2, 0.25) is 0 Å². The third kappa shape index (κ3) is 7.99. The average Bonchev–Trinajstić information content (AvgIpc) is 2.16. The molecule has 5 nitrogen and oxygen atoms in total. The second-order valence-corrected chi connectivity index (χ2v) is 3.72. The molecule has 0 radical (unpaired) electrons. The highest BCUT2D eigenvalue weighted by atomic mass is 16.5. The molecule has 0 amide bonds. The molecule has 0 aliphatic rings. The van der Waals surface area contributed by atoms with Crippen LogP contribution in [0, 0.1) is 0 Å². The second-order valence-electron chi connectivity index (χ2n) is 3.72. The normalized spacial score (nSPS) is 10.2. The van der Waals surface area contributed by atoms with Crippen LogP contribution in [0.3, 0.4) is 0 Å². The number of likely N-dealkylation sites (N-methyl/N-ethyl adjacent to an activating group) is 1. The Morgan fingerprint density at radius 2 is 2.00 bits per heavy atom. The lowest BCUT2D eigenvalue weighted by atomic mass is 10.3. The highest BCUT2D eigenvalue weighted by molar-refractivity contribution is 5.86. The number of carboxylic acid groups (broad SMARTS) is 1. The molecule has 0 atom stereocenters. The highest BCUT2D eigenvalue weighted by Gasteiger charge is 2.05. The van der Waals surface area contributed by atoms with Gasteiger partial charge in [-0.2, -0.15) is 0 Å². The van der Waals surface area contributed by atoms with E-state index in [2.05, 4.69) is 6.58 Å². The van der Waals surface area contributed by atoms with Crippen molar-refractivity contribution in [1.29, 1.82) is 0 Å². The van der Waals surface area contributed by atoms with Gasteiger partial charge in [0, 0.05) is 18.5 Å². The molecule has 16 heavy (non-hydrogen) atoms. The van der Waals surface area contributed by atoms with E-state index >= 15 is 0 Å². The first-order valence-corrected chi connectivity index (χ1v) is 5.16. The van der Waals surface area contributed by atoms with E-state index in [0.29, 0.717) is 31.7 Å². The predicted octanol–water partition coefficient (Wildman–Crippen LogP) is 0.902. The molecular formula is C11H19NO4. The van der Waals surface area contributed by atoms with E-state index in [1.165, 1.54) is 0 Å². The van der Waals surface area contributed by atoms with Crippen LogP contribution < -0.4 is 0 Å². The Kier molecular flexibility index (Phi) is 7.20. The SMILES string of the molecule is C=C(C)C(=O)OCCN(C)CCCC(=O)O. The summed E-state index contributed by atoms with van der Waals surface area (Å²) in [5.74, 6) is -1.18. The lowest BCUT2D eigenvalue weighted by Crippen LogP contribution is -2.25. The number of ether oxygens (including phenoxy) is 1. The molecule has 0 heterocycles. The maximum Gasteiger partial charge on any atom is 0.333 e. The molecule has 1 N–H and O–H groups in total. The number of aliphatic carboxylic acids is 1. The minimum Gasteiger partial charge on any atom is -0.481 e. The van der Waals surface area contributed by atoms with Crippen LogP contribution >= 0.6 is 0 Å². The van der Waals surface area contributed by atoms with Gasteiger partial charge in [0.2, 0.25) is 0 Å². The van der Waals surface area contributed by atoms with Gasteiger partial charge in [-0.05, 0) is 26.9 Å². The van der Waals surface area contributed by atoms with E-state index in [0.717, 1.165) is 0 Å². The van der Waals surface area contributed by atoms with Gasteiger partial charge in [0.15, 0.2) is 0 Å². The van der Waals surface area contributed by atoms with Gasteiger partial charge in [0.25, 0.3) is 0 Å². The Balaban J connectivity index is 3.50. The molecule has 0 aliphatic heterocycles. The molecule has 5 heteroatoms. The Morgan fingerprint density at radius 1 is 1.38 bits per heavy atom. The number of hydrogen-bond acceptors (Lipinski definition) is 4. The molecule has 92 valence electrons. The van der Waals surface area contributed by atoms with E-state index in [9.17, 15) is 9.59 Å². The number of esters is 1. The molecule has 0 rings (SSSR count). The zero-order valence-corrected chi connectivity index (χ0v) is 9.86. The Morgan fingerprint density at radius 3 is 2.50 bits per heavy atom. The number of hydrogen-bond donors (Lipinski definition) is 1. The third-order valence-corrected chi connectivity index (χ3v) is 1.99. The largest absolute Gasteiger partial charge is 0.481 e. The molecule has 0 saturated carbocycles. The molecule has 0 unspecified atom stereocenters. The van der Waals surface area contributed by atoms with Crippen molar-refractivity contribution in [2.45, 2.75) is 19.8 Å². The van der Waals surface area contributed by atoms with E-state index in [1.807, 2.05) is 11.9 Å². The van der Waals surface area contributed by atoms with Crippen molar-refractivity contribution in [3.63, 3.8) is 0 Å². The zero-order valence-electron chi connectivity index (χ0n) is 9.86. The van der Waals surface area contributed by atoms with E-state index in [4.69, 9.17) is 9.84 Å². The summed E-state index contributed by atoms with van der Waals surface area (Å²) in [6.07, 6.45) is 0.760. The van der Waals surface area contributed by atoms with Crippen molar-refractivity contribution in [2.75, 3.05) is 26.7 Å². The Labute approximate surface area is 95.7 Å². The quantitative estimate of drug-likeness (QED) is 0.495. The molecule has 0 aliphatic carbocycles. The molecule has 0 saturated heterocycles. The van der Waals surface area contributed by atoms with Crippen molar-refractivity contribution in [3.05, 3.63) is 12.2 Å². The van der Waals surface area contributed by atoms with Gasteiger partial charge in [0.1, 0.15) is 6.61 Å². The van der Waals surface area contributed by atoms with Crippen molar-refractivity contribution in [1.82, 2.24) is 4.90 Å². The molecule has 0 spiro atoms. The number of carboxylic acids is 1. The van der Waals surface area contributed by atoms with Gasteiger partial charge < -0.3 is 14.7 Å². The minimum atomic E-state index is -0.790. The number of nitrogens with zero attached hydrogens (tertiary/aromatic N) is 1. The van der Waals surface area contributed by atoms with Crippen LogP contribution in [0.25, 0.3) is 0 Å². The lowest BCUT2D eigenvalue weighted by molar-refractivity contribution is -0.139. The lowest BCUT2D eigenvalue weighted by Gasteiger charge is -2.15. The highest BCUT2D eigenvalue weighted by Crippen LogP contribution is 1.95. The Bertz CT molecular complexity index is 263. The molecule has 0 bridgehead atoms. The molecular weight excluding hydrogens is 210 g/mol. The van der Waals surface area contributed by atoms with Crippen molar-refractivity contribution < 1.29 is 19.4 Å². The minimum absolute atomic E-state index is 0.163. The summed E-state index contributed by atoms with van der Waals surface area (Å²) in [7, 11) is 1.86. The van der Waals surface area contributed by atoms with Gasteiger partial charge in [-0.25, -0.2) is 4.79 Å². The third-order valence-electron chi connectivity index (χ3n) is 1.99. The molecule has 0 aromatic rings. The monoisotopic (exact) mass is 229 g/mol. The smallest absolute Gasteiger partial charge is 0.333 e. The fourth-order valence-corrected chi connectivity index (χ4v) is 1.03. The first-order valence-electron chi connectivity index (χ1n) is 5.16. The fraction of sp³-hybridized carbons (Fsp3) is 0.636. The van der Waals surface area contributed by atoms with Crippen LogP contribution in [0.1, 0.15) is 19.8 Å². The standard InChI is InChI=1S/C11H19NO4/c1-9(2)11(15)16-8-7-12(3)6-4-5-10(13)14/h1,4-8H2,2-3H3,(H,13,14). The molecule has 0 aromatic carbocycles. The number of rotatable bonds is 8. The second kappa shape index (κ2) is 7.87. The van der Waals surface area contributed by atoms with Crippen LogP contribution in [-0.2, 0) is 14.3 Å². The summed E-state index contributed by atoms with van der Waals surface area (Å²) in [6, 6.07) is 0. The first-order chi connectivity index (χ1) is 7.43. The topological polar surface area (TPSA) is 66.8 Å². The average molecular weight is 229 g/mol. The van der Waals surface area contributed by atoms with Crippen molar-refractivity contribution in [3.8, 4) is 0 Å². The summed E-state index contributed by atoms with van der Waals surface area (Å²) >= 11 is 0. The summed E-state index contributed by atoms with van der Waals surface area (Å²) in [6.45, 7) is 6.64.